The van der Waals surface area contributed by atoms with E-state index in [1.54, 1.807) is 12.1 Å². The Hall–Kier alpha value is -1.42. The van der Waals surface area contributed by atoms with Crippen LogP contribution in [-0.4, -0.2) is 11.9 Å². The molecule has 1 aromatic rings. The Morgan fingerprint density at radius 1 is 1.53 bits per heavy atom. The summed E-state index contributed by atoms with van der Waals surface area (Å²) < 4.78 is 13.1. The first-order chi connectivity index (χ1) is 7.13. The molecule has 0 aliphatic heterocycles. The molecule has 0 radical (unpaired) electrons. The van der Waals surface area contributed by atoms with Crippen LogP contribution in [0.5, 0.6) is 0 Å². The van der Waals surface area contributed by atoms with E-state index < -0.39 is 5.82 Å². The average Bonchev–Trinajstić information content (AvgIpc) is 2.21. The number of amides is 1. The Labute approximate surface area is 88.5 Å². The largest absolute Gasteiger partial charge is 0.327 e. The van der Waals surface area contributed by atoms with E-state index in [9.17, 15) is 9.18 Å². The van der Waals surface area contributed by atoms with Gasteiger partial charge in [0.25, 0.3) is 0 Å². The summed E-state index contributed by atoms with van der Waals surface area (Å²) in [6.45, 7) is 1.90. The maximum Gasteiger partial charge on any atom is 0.226 e. The summed E-state index contributed by atoms with van der Waals surface area (Å²) in [7, 11) is 0. The van der Waals surface area contributed by atoms with Crippen LogP contribution in [0, 0.1) is 5.82 Å². The zero-order chi connectivity index (χ0) is 11.3. The monoisotopic (exact) mass is 210 g/mol. The van der Waals surface area contributed by atoms with E-state index in [-0.39, 0.29) is 24.1 Å². The lowest BCUT2D eigenvalue weighted by Gasteiger charge is -2.09. The van der Waals surface area contributed by atoms with Gasteiger partial charge in [0.2, 0.25) is 5.91 Å². The number of hydrogen-bond acceptors (Lipinski definition) is 2. The number of carbonyl (C=O) groups excluding carboxylic acids is 1. The Bertz CT molecular complexity index is 341. The summed E-state index contributed by atoms with van der Waals surface area (Å²) in [5.74, 6) is -0.689. The molecule has 1 unspecified atom stereocenters. The topological polar surface area (TPSA) is 55.1 Å². The summed E-state index contributed by atoms with van der Waals surface area (Å²) in [6.07, 6.45) is 0.940. The highest BCUT2D eigenvalue weighted by Gasteiger charge is 2.09. The van der Waals surface area contributed by atoms with Crippen LogP contribution in [0.25, 0.3) is 0 Å². The molecule has 3 N–H and O–H groups in total. The molecule has 0 bridgehead atoms. The molecule has 15 heavy (non-hydrogen) atoms. The number of anilines is 1. The zero-order valence-electron chi connectivity index (χ0n) is 8.66. The predicted octanol–water partition coefficient (Wildman–Crippen LogP) is 1.89. The summed E-state index contributed by atoms with van der Waals surface area (Å²) in [4.78, 5) is 11.4. The van der Waals surface area contributed by atoms with Crippen molar-refractivity contribution < 1.29 is 9.18 Å². The highest BCUT2D eigenvalue weighted by Crippen LogP contribution is 2.12. The fraction of sp³-hybridized carbons (Fsp3) is 0.364. The summed E-state index contributed by atoms with van der Waals surface area (Å²) in [5, 5.41) is 2.48. The molecule has 0 spiro atoms. The normalized spacial score (nSPS) is 12.2. The quantitative estimate of drug-likeness (QED) is 0.797. The minimum atomic E-state index is -0.434. The van der Waals surface area contributed by atoms with Crippen molar-refractivity contribution in [3.8, 4) is 0 Å². The number of rotatable bonds is 4. The molecule has 1 amide bonds. The molecule has 0 fully saturated rings. The Balaban J connectivity index is 2.55. The van der Waals surface area contributed by atoms with Gasteiger partial charge in [-0.3, -0.25) is 4.79 Å². The van der Waals surface area contributed by atoms with Crippen LogP contribution in [0.1, 0.15) is 19.8 Å². The van der Waals surface area contributed by atoms with Crippen molar-refractivity contribution in [3.05, 3.63) is 30.1 Å². The molecule has 0 aliphatic rings. The van der Waals surface area contributed by atoms with Crippen molar-refractivity contribution in [2.75, 3.05) is 5.32 Å². The number of nitrogens with two attached hydrogens (primary N) is 1. The van der Waals surface area contributed by atoms with Crippen molar-refractivity contribution in [3.63, 3.8) is 0 Å². The standard InChI is InChI=1S/C11H15FN2O/c1-2-8(13)7-11(15)14-10-6-4-3-5-9(10)12/h3-6,8H,2,7,13H2,1H3,(H,14,15). The van der Waals surface area contributed by atoms with E-state index in [0.29, 0.717) is 0 Å². The van der Waals surface area contributed by atoms with E-state index in [1.165, 1.54) is 12.1 Å². The van der Waals surface area contributed by atoms with Crippen molar-refractivity contribution in [2.45, 2.75) is 25.8 Å². The SMILES string of the molecule is CCC(N)CC(=O)Nc1ccccc1F. The van der Waals surface area contributed by atoms with Crippen LogP contribution in [-0.2, 0) is 4.79 Å². The van der Waals surface area contributed by atoms with Gasteiger partial charge < -0.3 is 11.1 Å². The molecule has 0 saturated carbocycles. The third kappa shape index (κ3) is 3.67. The molecule has 4 heteroatoms. The van der Waals surface area contributed by atoms with Crippen LogP contribution in [0.15, 0.2) is 24.3 Å². The van der Waals surface area contributed by atoms with Gasteiger partial charge in [-0.1, -0.05) is 19.1 Å². The van der Waals surface area contributed by atoms with Gasteiger partial charge in [0.15, 0.2) is 0 Å². The molecule has 1 atom stereocenters. The molecular formula is C11H15FN2O. The number of benzene rings is 1. The van der Waals surface area contributed by atoms with E-state index in [0.717, 1.165) is 6.42 Å². The molecule has 0 heterocycles. The lowest BCUT2D eigenvalue weighted by Crippen LogP contribution is -2.26. The first-order valence-corrected chi connectivity index (χ1v) is 4.93. The fourth-order valence-electron chi connectivity index (χ4n) is 1.15. The summed E-state index contributed by atoms with van der Waals surface area (Å²) >= 11 is 0. The first-order valence-electron chi connectivity index (χ1n) is 4.93. The minimum absolute atomic E-state index is 0.170. The molecule has 0 saturated heterocycles. The molecule has 0 aromatic heterocycles. The Morgan fingerprint density at radius 3 is 2.80 bits per heavy atom. The summed E-state index contributed by atoms with van der Waals surface area (Å²) in [6, 6.07) is 5.89. The maximum atomic E-state index is 13.1. The summed E-state index contributed by atoms with van der Waals surface area (Å²) in [5.41, 5.74) is 5.81. The van der Waals surface area contributed by atoms with Gasteiger partial charge in [0, 0.05) is 12.5 Å². The van der Waals surface area contributed by atoms with Gasteiger partial charge in [-0.05, 0) is 18.6 Å². The van der Waals surface area contributed by atoms with Crippen LogP contribution < -0.4 is 11.1 Å². The molecule has 0 aliphatic carbocycles. The first kappa shape index (κ1) is 11.7. The second-order valence-electron chi connectivity index (χ2n) is 3.40. The van der Waals surface area contributed by atoms with Gasteiger partial charge in [0.1, 0.15) is 5.82 Å². The van der Waals surface area contributed by atoms with Crippen molar-refractivity contribution >= 4 is 11.6 Å². The zero-order valence-corrected chi connectivity index (χ0v) is 8.66. The van der Waals surface area contributed by atoms with E-state index in [2.05, 4.69) is 5.32 Å². The van der Waals surface area contributed by atoms with E-state index in [1.807, 2.05) is 6.92 Å². The van der Waals surface area contributed by atoms with Gasteiger partial charge >= 0.3 is 0 Å². The predicted molar refractivity (Wildman–Crippen MR) is 57.9 cm³/mol. The van der Waals surface area contributed by atoms with Gasteiger partial charge in [-0.2, -0.15) is 0 Å². The van der Waals surface area contributed by atoms with Crippen LogP contribution in [0.4, 0.5) is 10.1 Å². The van der Waals surface area contributed by atoms with Crippen molar-refractivity contribution in [1.29, 1.82) is 0 Å². The van der Waals surface area contributed by atoms with Crippen LogP contribution in [0.3, 0.4) is 0 Å². The van der Waals surface area contributed by atoms with Crippen molar-refractivity contribution in [1.82, 2.24) is 0 Å². The Morgan fingerprint density at radius 2 is 2.20 bits per heavy atom. The van der Waals surface area contributed by atoms with Crippen LogP contribution in [0.2, 0.25) is 0 Å². The molecule has 3 nitrogen and oxygen atoms in total. The molecule has 82 valence electrons. The third-order valence-electron chi connectivity index (χ3n) is 2.12. The molecule has 1 rings (SSSR count). The van der Waals surface area contributed by atoms with Gasteiger partial charge in [-0.25, -0.2) is 4.39 Å². The van der Waals surface area contributed by atoms with Crippen molar-refractivity contribution in [2.24, 2.45) is 5.73 Å². The second-order valence-corrected chi connectivity index (χ2v) is 3.40. The smallest absolute Gasteiger partial charge is 0.226 e. The number of nitrogens with one attached hydrogen (secondary N) is 1. The Kier molecular flexibility index (Phi) is 4.24. The average molecular weight is 210 g/mol. The van der Waals surface area contributed by atoms with Gasteiger partial charge in [-0.15, -0.1) is 0 Å². The van der Waals surface area contributed by atoms with E-state index in [4.69, 9.17) is 5.73 Å². The number of hydrogen-bond donors (Lipinski definition) is 2. The molecular weight excluding hydrogens is 195 g/mol. The van der Waals surface area contributed by atoms with E-state index >= 15 is 0 Å². The minimum Gasteiger partial charge on any atom is -0.327 e. The second kappa shape index (κ2) is 5.46. The fourth-order valence-corrected chi connectivity index (χ4v) is 1.15. The number of halogens is 1. The third-order valence-corrected chi connectivity index (χ3v) is 2.12. The number of carbonyl (C=O) groups is 1. The number of para-hydroxylation sites is 1. The maximum absolute atomic E-state index is 13.1. The lowest BCUT2D eigenvalue weighted by atomic mass is 10.1. The highest BCUT2D eigenvalue weighted by atomic mass is 19.1. The molecule has 1 aromatic carbocycles. The highest BCUT2D eigenvalue weighted by molar-refractivity contribution is 5.91. The van der Waals surface area contributed by atoms with Gasteiger partial charge in [0.05, 0.1) is 5.69 Å². The lowest BCUT2D eigenvalue weighted by molar-refractivity contribution is -0.116. The van der Waals surface area contributed by atoms with Crippen LogP contribution >= 0.6 is 0 Å².